The molecule has 4 rings (SSSR count). The van der Waals surface area contributed by atoms with Crippen LogP contribution in [0.3, 0.4) is 0 Å². The first-order valence-electron chi connectivity index (χ1n) is 9.07. The monoisotopic (exact) mass is 378 g/mol. The Hall–Kier alpha value is -2.79. The van der Waals surface area contributed by atoms with Gasteiger partial charge in [0.2, 0.25) is 0 Å². The van der Waals surface area contributed by atoms with Crippen molar-refractivity contribution in [3.8, 4) is 16.9 Å². The first kappa shape index (κ1) is 17.6. The molecule has 1 aliphatic rings. The third-order valence-corrected chi connectivity index (χ3v) is 5.85. The molecule has 0 atom stereocenters. The molecular weight excluding hydrogens is 356 g/mol. The van der Waals surface area contributed by atoms with E-state index in [0.29, 0.717) is 0 Å². The van der Waals surface area contributed by atoms with Crippen LogP contribution in [-0.2, 0) is 0 Å². The molecule has 1 saturated heterocycles. The van der Waals surface area contributed by atoms with Crippen LogP contribution in [0.15, 0.2) is 66.0 Å². The molecule has 5 heteroatoms. The van der Waals surface area contributed by atoms with Crippen molar-refractivity contribution >= 4 is 22.9 Å². The molecule has 2 heterocycles. The van der Waals surface area contributed by atoms with E-state index in [4.69, 9.17) is 4.74 Å². The first-order chi connectivity index (χ1) is 13.3. The molecule has 0 spiro atoms. The summed E-state index contributed by atoms with van der Waals surface area (Å²) in [6, 6.07) is 20.3. The Kier molecular flexibility index (Phi) is 5.12. The third kappa shape index (κ3) is 3.69. The molecule has 0 unspecified atom stereocenters. The van der Waals surface area contributed by atoms with Crippen molar-refractivity contribution in [1.29, 1.82) is 0 Å². The highest BCUT2D eigenvalue weighted by molar-refractivity contribution is 7.12. The summed E-state index contributed by atoms with van der Waals surface area (Å²) >= 11 is 1.53. The van der Waals surface area contributed by atoms with Crippen LogP contribution in [-0.4, -0.2) is 44.1 Å². The fraction of sp³-hybridized carbons (Fsp3) is 0.227. The fourth-order valence-electron chi connectivity index (χ4n) is 3.42. The number of piperazine rings is 1. The van der Waals surface area contributed by atoms with Crippen LogP contribution in [0.1, 0.15) is 9.67 Å². The lowest BCUT2D eigenvalue weighted by Crippen LogP contribution is -2.48. The average Bonchev–Trinajstić information content (AvgIpc) is 3.24. The van der Waals surface area contributed by atoms with E-state index in [2.05, 4.69) is 29.2 Å². The van der Waals surface area contributed by atoms with E-state index >= 15 is 0 Å². The summed E-state index contributed by atoms with van der Waals surface area (Å²) in [5, 5.41) is 2.00. The lowest BCUT2D eigenvalue weighted by molar-refractivity contribution is 0.0752. The molecule has 0 aliphatic carbocycles. The molecule has 2 aromatic carbocycles. The van der Waals surface area contributed by atoms with Crippen molar-refractivity contribution in [2.45, 2.75) is 0 Å². The summed E-state index contributed by atoms with van der Waals surface area (Å²) in [7, 11) is 1.67. The molecule has 0 saturated carbocycles. The third-order valence-electron chi connectivity index (χ3n) is 4.95. The van der Waals surface area contributed by atoms with Crippen molar-refractivity contribution in [3.05, 3.63) is 70.9 Å². The zero-order valence-corrected chi connectivity index (χ0v) is 16.1. The summed E-state index contributed by atoms with van der Waals surface area (Å²) < 4.78 is 5.22. The summed E-state index contributed by atoms with van der Waals surface area (Å²) in [5.41, 5.74) is 3.30. The predicted octanol–water partition coefficient (Wildman–Crippen LogP) is 4.39. The van der Waals surface area contributed by atoms with Crippen LogP contribution in [0.5, 0.6) is 5.75 Å². The molecule has 1 aromatic heterocycles. The van der Waals surface area contributed by atoms with Crippen LogP contribution in [0.2, 0.25) is 0 Å². The van der Waals surface area contributed by atoms with Crippen LogP contribution in [0.25, 0.3) is 11.1 Å². The Balaban J connectivity index is 1.44. The molecule has 0 N–H and O–H groups in total. The van der Waals surface area contributed by atoms with E-state index in [9.17, 15) is 4.79 Å². The SMILES string of the molecule is COc1ccc(N2CCN(C(=O)c3sccc3-c3ccccc3)CC2)cc1. The van der Waals surface area contributed by atoms with Gasteiger partial charge in [-0.2, -0.15) is 0 Å². The van der Waals surface area contributed by atoms with E-state index in [0.717, 1.165) is 47.9 Å². The lowest BCUT2D eigenvalue weighted by Gasteiger charge is -2.36. The maximum atomic E-state index is 13.1. The second kappa shape index (κ2) is 7.84. The second-order valence-electron chi connectivity index (χ2n) is 6.51. The van der Waals surface area contributed by atoms with Gasteiger partial charge in [-0.15, -0.1) is 11.3 Å². The van der Waals surface area contributed by atoms with Crippen LogP contribution in [0, 0.1) is 0 Å². The lowest BCUT2D eigenvalue weighted by atomic mass is 10.1. The van der Waals surface area contributed by atoms with Gasteiger partial charge in [-0.05, 0) is 41.3 Å². The summed E-state index contributed by atoms with van der Waals surface area (Å²) in [4.78, 5) is 18.2. The maximum Gasteiger partial charge on any atom is 0.264 e. The number of carbonyl (C=O) groups excluding carboxylic acids is 1. The summed E-state index contributed by atoms with van der Waals surface area (Å²) in [5.74, 6) is 0.997. The van der Waals surface area contributed by atoms with Gasteiger partial charge in [-0.3, -0.25) is 4.79 Å². The number of nitrogens with zero attached hydrogens (tertiary/aromatic N) is 2. The molecule has 0 bridgehead atoms. The Labute approximate surface area is 163 Å². The number of ether oxygens (including phenoxy) is 1. The Morgan fingerprint density at radius 3 is 2.30 bits per heavy atom. The summed E-state index contributed by atoms with van der Waals surface area (Å²) in [6.45, 7) is 3.14. The van der Waals surface area contributed by atoms with Gasteiger partial charge in [-0.1, -0.05) is 30.3 Å². The normalized spacial score (nSPS) is 14.3. The number of hydrogen-bond acceptors (Lipinski definition) is 4. The van der Waals surface area contributed by atoms with Gasteiger partial charge in [0.1, 0.15) is 5.75 Å². The highest BCUT2D eigenvalue weighted by Gasteiger charge is 2.25. The zero-order chi connectivity index (χ0) is 18.6. The number of benzene rings is 2. The highest BCUT2D eigenvalue weighted by Crippen LogP contribution is 2.30. The van der Waals surface area contributed by atoms with Crippen molar-refractivity contribution < 1.29 is 9.53 Å². The van der Waals surface area contributed by atoms with Gasteiger partial charge >= 0.3 is 0 Å². The van der Waals surface area contributed by atoms with Crippen molar-refractivity contribution in [2.75, 3.05) is 38.2 Å². The van der Waals surface area contributed by atoms with Gasteiger partial charge < -0.3 is 14.5 Å². The van der Waals surface area contributed by atoms with Crippen LogP contribution >= 0.6 is 11.3 Å². The topological polar surface area (TPSA) is 32.8 Å². The minimum absolute atomic E-state index is 0.137. The molecule has 138 valence electrons. The standard InChI is InChI=1S/C22H22N2O2S/c1-26-19-9-7-18(8-10-19)23-12-14-24(15-13-23)22(25)21-20(11-16-27-21)17-5-3-2-4-6-17/h2-11,16H,12-15H2,1H3. The number of rotatable bonds is 4. The van der Waals surface area contributed by atoms with E-state index in [-0.39, 0.29) is 5.91 Å². The number of anilines is 1. The molecule has 4 nitrogen and oxygen atoms in total. The molecular formula is C22H22N2O2S. The van der Waals surface area contributed by atoms with E-state index in [1.807, 2.05) is 46.7 Å². The largest absolute Gasteiger partial charge is 0.497 e. The first-order valence-corrected chi connectivity index (χ1v) is 9.95. The average molecular weight is 378 g/mol. The van der Waals surface area contributed by atoms with Crippen LogP contribution < -0.4 is 9.64 Å². The highest BCUT2D eigenvalue weighted by atomic mass is 32.1. The maximum absolute atomic E-state index is 13.1. The number of thiophene rings is 1. The number of hydrogen-bond donors (Lipinski definition) is 0. The number of carbonyl (C=O) groups is 1. The van der Waals surface area contributed by atoms with E-state index in [1.54, 1.807) is 7.11 Å². The van der Waals surface area contributed by atoms with Gasteiger partial charge in [0, 0.05) is 37.4 Å². The van der Waals surface area contributed by atoms with Gasteiger partial charge in [0.25, 0.3) is 5.91 Å². The van der Waals surface area contributed by atoms with Gasteiger partial charge in [-0.25, -0.2) is 0 Å². The quantitative estimate of drug-likeness (QED) is 0.675. The Morgan fingerprint density at radius 2 is 1.63 bits per heavy atom. The zero-order valence-electron chi connectivity index (χ0n) is 15.3. The minimum atomic E-state index is 0.137. The number of amides is 1. The smallest absolute Gasteiger partial charge is 0.264 e. The summed E-state index contributed by atoms with van der Waals surface area (Å²) in [6.07, 6.45) is 0. The number of methoxy groups -OCH3 is 1. The molecule has 27 heavy (non-hydrogen) atoms. The Bertz CT molecular complexity index is 898. The molecule has 0 radical (unpaired) electrons. The fourth-order valence-corrected chi connectivity index (χ4v) is 4.31. The molecule has 1 aliphatic heterocycles. The molecule has 1 amide bonds. The predicted molar refractivity (Wildman–Crippen MR) is 111 cm³/mol. The minimum Gasteiger partial charge on any atom is -0.497 e. The second-order valence-corrected chi connectivity index (χ2v) is 7.42. The van der Waals surface area contributed by atoms with Gasteiger partial charge in [0.15, 0.2) is 0 Å². The molecule has 1 fully saturated rings. The van der Waals surface area contributed by atoms with Crippen LogP contribution in [0.4, 0.5) is 5.69 Å². The van der Waals surface area contributed by atoms with Crippen molar-refractivity contribution in [3.63, 3.8) is 0 Å². The van der Waals surface area contributed by atoms with Crippen molar-refractivity contribution in [1.82, 2.24) is 4.90 Å². The van der Waals surface area contributed by atoms with E-state index < -0.39 is 0 Å². The molecule has 3 aromatic rings. The van der Waals surface area contributed by atoms with E-state index in [1.165, 1.54) is 17.0 Å². The Morgan fingerprint density at radius 1 is 0.926 bits per heavy atom. The van der Waals surface area contributed by atoms with Gasteiger partial charge in [0.05, 0.1) is 12.0 Å². The van der Waals surface area contributed by atoms with Crippen molar-refractivity contribution in [2.24, 2.45) is 0 Å².